The topological polar surface area (TPSA) is 98.7 Å². The van der Waals surface area contributed by atoms with Crippen LogP contribution >= 0.6 is 0 Å². The lowest BCUT2D eigenvalue weighted by Gasteiger charge is -2.42. The smallest absolute Gasteiger partial charge is 0.325 e. The lowest BCUT2D eigenvalue weighted by Crippen LogP contribution is -2.58. The standard InChI is InChI=1S/C22H32N6O3/c1-15(2)14-28-21(31)25-19(30)22(28)7-11-26(12-8-22)18(29)17-13-23-20(24-16(17)3)27-9-5-4-6-10-27/h13,15H,4-12,14H2,1-3H3,(H,25,30,31). The van der Waals surface area contributed by atoms with Crippen LogP contribution in [0.1, 0.15) is 62.0 Å². The Bertz CT molecular complexity index is 872. The monoisotopic (exact) mass is 428 g/mol. The van der Waals surface area contributed by atoms with Crippen LogP contribution in [-0.4, -0.2) is 75.9 Å². The second kappa shape index (κ2) is 8.43. The molecule has 0 radical (unpaired) electrons. The molecule has 3 aliphatic rings. The van der Waals surface area contributed by atoms with Gasteiger partial charge in [0, 0.05) is 38.9 Å². The number of nitrogens with zero attached hydrogens (tertiary/aromatic N) is 5. The minimum Gasteiger partial charge on any atom is -0.341 e. The van der Waals surface area contributed by atoms with Crippen molar-refractivity contribution in [1.29, 1.82) is 0 Å². The fraction of sp³-hybridized carbons (Fsp3) is 0.682. The molecule has 4 heterocycles. The summed E-state index contributed by atoms with van der Waals surface area (Å²) in [5.41, 5.74) is 0.334. The highest BCUT2D eigenvalue weighted by molar-refractivity contribution is 6.07. The van der Waals surface area contributed by atoms with Crippen molar-refractivity contribution in [3.63, 3.8) is 0 Å². The quantitative estimate of drug-likeness (QED) is 0.736. The lowest BCUT2D eigenvalue weighted by atomic mass is 9.85. The van der Waals surface area contributed by atoms with Gasteiger partial charge in [0.15, 0.2) is 0 Å². The largest absolute Gasteiger partial charge is 0.341 e. The van der Waals surface area contributed by atoms with E-state index in [1.165, 1.54) is 6.42 Å². The van der Waals surface area contributed by atoms with Crippen molar-refractivity contribution in [3.8, 4) is 0 Å². The Morgan fingerprint density at radius 2 is 1.81 bits per heavy atom. The maximum atomic E-state index is 13.2. The van der Waals surface area contributed by atoms with Crippen LogP contribution in [0.4, 0.5) is 10.7 Å². The molecule has 1 aromatic heterocycles. The normalized spacial score (nSPS) is 21.2. The zero-order valence-corrected chi connectivity index (χ0v) is 18.7. The second-order valence-corrected chi connectivity index (χ2v) is 9.30. The lowest BCUT2D eigenvalue weighted by molar-refractivity contribution is -0.129. The fourth-order valence-electron chi connectivity index (χ4n) is 4.88. The molecule has 31 heavy (non-hydrogen) atoms. The van der Waals surface area contributed by atoms with Crippen LogP contribution in [0.25, 0.3) is 0 Å². The Hall–Kier alpha value is -2.71. The third kappa shape index (κ3) is 3.97. The molecular weight excluding hydrogens is 396 g/mol. The van der Waals surface area contributed by atoms with Crippen LogP contribution in [0.2, 0.25) is 0 Å². The number of aryl methyl sites for hydroxylation is 1. The van der Waals surface area contributed by atoms with Crippen LogP contribution in [0.15, 0.2) is 6.20 Å². The van der Waals surface area contributed by atoms with E-state index in [9.17, 15) is 14.4 Å². The number of amides is 4. The first-order chi connectivity index (χ1) is 14.8. The number of carbonyl (C=O) groups is 3. The van der Waals surface area contributed by atoms with Crippen molar-refractivity contribution in [3.05, 3.63) is 17.5 Å². The average molecular weight is 429 g/mol. The van der Waals surface area contributed by atoms with Gasteiger partial charge in [-0.15, -0.1) is 0 Å². The minimum atomic E-state index is -0.845. The number of imide groups is 1. The van der Waals surface area contributed by atoms with E-state index < -0.39 is 5.54 Å². The zero-order valence-electron chi connectivity index (χ0n) is 18.7. The molecule has 0 saturated carbocycles. The summed E-state index contributed by atoms with van der Waals surface area (Å²) in [5, 5.41) is 2.47. The van der Waals surface area contributed by atoms with E-state index in [0.29, 0.717) is 49.7 Å². The first kappa shape index (κ1) is 21.5. The first-order valence-corrected chi connectivity index (χ1v) is 11.3. The Labute approximate surface area is 183 Å². The highest BCUT2D eigenvalue weighted by Gasteiger charge is 2.54. The summed E-state index contributed by atoms with van der Waals surface area (Å²) in [4.78, 5) is 52.8. The predicted octanol–water partition coefficient (Wildman–Crippen LogP) is 1.96. The van der Waals surface area contributed by atoms with Gasteiger partial charge in [0.05, 0.1) is 11.3 Å². The van der Waals surface area contributed by atoms with Gasteiger partial charge < -0.3 is 14.7 Å². The van der Waals surface area contributed by atoms with Crippen LogP contribution in [0.3, 0.4) is 0 Å². The second-order valence-electron chi connectivity index (χ2n) is 9.30. The van der Waals surface area contributed by atoms with Crippen LogP contribution in [0.5, 0.6) is 0 Å². The highest BCUT2D eigenvalue weighted by atomic mass is 16.2. The molecule has 3 fully saturated rings. The van der Waals surface area contributed by atoms with Gasteiger partial charge in [-0.1, -0.05) is 13.8 Å². The molecule has 9 nitrogen and oxygen atoms in total. The van der Waals surface area contributed by atoms with Crippen LogP contribution in [0, 0.1) is 12.8 Å². The molecule has 3 aliphatic heterocycles. The van der Waals surface area contributed by atoms with Gasteiger partial charge in [-0.05, 0) is 44.9 Å². The van der Waals surface area contributed by atoms with Gasteiger partial charge in [-0.2, -0.15) is 0 Å². The van der Waals surface area contributed by atoms with Crippen molar-refractivity contribution in [2.75, 3.05) is 37.6 Å². The highest BCUT2D eigenvalue weighted by Crippen LogP contribution is 2.34. The number of hydrogen-bond acceptors (Lipinski definition) is 6. The van der Waals surface area contributed by atoms with Crippen LogP contribution < -0.4 is 10.2 Å². The molecule has 1 spiro atoms. The summed E-state index contributed by atoms with van der Waals surface area (Å²) >= 11 is 0. The van der Waals surface area contributed by atoms with Crippen molar-refractivity contribution in [1.82, 2.24) is 25.1 Å². The van der Waals surface area contributed by atoms with E-state index in [4.69, 9.17) is 0 Å². The molecule has 0 unspecified atom stereocenters. The predicted molar refractivity (Wildman–Crippen MR) is 116 cm³/mol. The number of carbonyl (C=O) groups excluding carboxylic acids is 3. The van der Waals surface area contributed by atoms with E-state index in [1.807, 2.05) is 20.8 Å². The van der Waals surface area contributed by atoms with E-state index in [-0.39, 0.29) is 23.8 Å². The number of rotatable bonds is 4. The zero-order chi connectivity index (χ0) is 22.2. The van der Waals surface area contributed by atoms with E-state index in [0.717, 1.165) is 25.9 Å². The van der Waals surface area contributed by atoms with E-state index in [2.05, 4.69) is 20.2 Å². The van der Waals surface area contributed by atoms with Crippen LogP contribution in [-0.2, 0) is 4.79 Å². The molecule has 1 aromatic rings. The first-order valence-electron chi connectivity index (χ1n) is 11.3. The van der Waals surface area contributed by atoms with Crippen molar-refractivity contribution < 1.29 is 14.4 Å². The number of piperidine rings is 2. The number of nitrogens with one attached hydrogen (secondary N) is 1. The number of urea groups is 1. The molecule has 0 aliphatic carbocycles. The number of anilines is 1. The molecule has 1 N–H and O–H groups in total. The summed E-state index contributed by atoms with van der Waals surface area (Å²) < 4.78 is 0. The Kier molecular flexibility index (Phi) is 5.85. The van der Waals surface area contributed by atoms with Gasteiger partial charge >= 0.3 is 6.03 Å². The Balaban J connectivity index is 1.45. The molecule has 0 bridgehead atoms. The van der Waals surface area contributed by atoms with Gasteiger partial charge in [0.25, 0.3) is 11.8 Å². The minimum absolute atomic E-state index is 0.113. The maximum absolute atomic E-state index is 13.2. The van der Waals surface area contributed by atoms with E-state index >= 15 is 0 Å². The molecule has 168 valence electrons. The number of aromatic nitrogens is 2. The third-order valence-corrected chi connectivity index (χ3v) is 6.67. The molecule has 4 amide bonds. The summed E-state index contributed by atoms with van der Waals surface area (Å²) in [6.45, 7) is 9.17. The van der Waals surface area contributed by atoms with Crippen molar-refractivity contribution in [2.45, 2.75) is 58.4 Å². The molecule has 9 heteroatoms. The molecule has 3 saturated heterocycles. The summed E-state index contributed by atoms with van der Waals surface area (Å²) in [7, 11) is 0. The van der Waals surface area contributed by atoms with E-state index in [1.54, 1.807) is 16.0 Å². The molecule has 4 rings (SSSR count). The fourth-order valence-corrected chi connectivity index (χ4v) is 4.88. The summed E-state index contributed by atoms with van der Waals surface area (Å²) in [6, 6.07) is -0.323. The SMILES string of the molecule is Cc1nc(N2CCCCC2)ncc1C(=O)N1CCC2(CC1)C(=O)NC(=O)N2CC(C)C. The summed E-state index contributed by atoms with van der Waals surface area (Å²) in [6.07, 6.45) is 6.03. The third-order valence-electron chi connectivity index (χ3n) is 6.67. The average Bonchev–Trinajstić information content (AvgIpc) is 2.98. The molecule has 0 aromatic carbocycles. The number of likely N-dealkylation sites (tertiary alicyclic amines) is 1. The van der Waals surface area contributed by atoms with Gasteiger partial charge in [-0.25, -0.2) is 14.8 Å². The Morgan fingerprint density at radius 3 is 2.42 bits per heavy atom. The molecule has 0 atom stereocenters. The van der Waals surface area contributed by atoms with Crippen molar-refractivity contribution >= 4 is 23.8 Å². The Morgan fingerprint density at radius 1 is 1.13 bits per heavy atom. The van der Waals surface area contributed by atoms with Gasteiger partial charge in [-0.3, -0.25) is 14.9 Å². The maximum Gasteiger partial charge on any atom is 0.325 e. The van der Waals surface area contributed by atoms with Gasteiger partial charge in [0.1, 0.15) is 5.54 Å². The molecular formula is C22H32N6O3. The summed E-state index contributed by atoms with van der Waals surface area (Å²) in [5.74, 6) is 0.594. The number of hydrogen-bond donors (Lipinski definition) is 1. The van der Waals surface area contributed by atoms with Gasteiger partial charge in [0.2, 0.25) is 5.95 Å². The van der Waals surface area contributed by atoms with Crippen molar-refractivity contribution in [2.24, 2.45) is 5.92 Å².